The van der Waals surface area contributed by atoms with Crippen molar-refractivity contribution in [1.82, 2.24) is 14.5 Å². The fraction of sp³-hybridized carbons (Fsp3) is 0.259. The maximum Gasteiger partial charge on any atom is 0.573 e. The van der Waals surface area contributed by atoms with Crippen molar-refractivity contribution in [3.8, 4) is 34.2 Å². The number of hydrogen-bond donors (Lipinski definition) is 1. The van der Waals surface area contributed by atoms with Crippen LogP contribution in [-0.2, 0) is 13.6 Å². The Hall–Kier alpha value is -3.94. The van der Waals surface area contributed by atoms with Gasteiger partial charge in [-0.3, -0.25) is 9.88 Å². The minimum absolute atomic E-state index is 0.0850. The highest BCUT2D eigenvalue weighted by molar-refractivity contribution is 6.02. The summed E-state index contributed by atoms with van der Waals surface area (Å²) in [7, 11) is 1.93. The second-order valence-corrected chi connectivity index (χ2v) is 9.14. The van der Waals surface area contributed by atoms with Gasteiger partial charge >= 0.3 is 6.36 Å². The van der Waals surface area contributed by atoms with Crippen LogP contribution in [0.25, 0.3) is 33.3 Å². The second kappa shape index (κ2) is 9.50. The molecular weight excluding hydrogens is 486 g/mol. The predicted molar refractivity (Wildman–Crippen MR) is 131 cm³/mol. The third kappa shape index (κ3) is 5.01. The van der Waals surface area contributed by atoms with E-state index in [0.29, 0.717) is 28.9 Å². The van der Waals surface area contributed by atoms with E-state index in [1.54, 1.807) is 12.3 Å². The molecule has 0 spiro atoms. The second-order valence-electron chi connectivity index (χ2n) is 9.14. The van der Waals surface area contributed by atoms with Gasteiger partial charge in [-0.25, -0.2) is 4.39 Å². The van der Waals surface area contributed by atoms with Gasteiger partial charge in [0.15, 0.2) is 0 Å². The van der Waals surface area contributed by atoms with E-state index in [2.05, 4.69) is 14.6 Å². The highest BCUT2D eigenvalue weighted by Crippen LogP contribution is 2.39. The molecule has 190 valence electrons. The molecule has 37 heavy (non-hydrogen) atoms. The van der Waals surface area contributed by atoms with Crippen LogP contribution in [0, 0.1) is 17.1 Å². The van der Waals surface area contributed by atoms with Gasteiger partial charge in [0.25, 0.3) is 0 Å². The minimum atomic E-state index is -4.80. The van der Waals surface area contributed by atoms with E-state index in [1.807, 2.05) is 23.8 Å². The predicted octanol–water partition coefficient (Wildman–Crippen LogP) is 5.35. The van der Waals surface area contributed by atoms with Crippen molar-refractivity contribution in [2.45, 2.75) is 25.4 Å². The Kier molecular flexibility index (Phi) is 6.35. The number of aromatic nitrogens is 2. The molecule has 1 saturated heterocycles. The molecule has 4 aromatic rings. The number of nitrogens with two attached hydrogens (primary N) is 1. The Balaban J connectivity index is 1.65. The summed E-state index contributed by atoms with van der Waals surface area (Å²) >= 11 is 0. The van der Waals surface area contributed by atoms with Crippen LogP contribution in [0.5, 0.6) is 5.75 Å². The fourth-order valence-electron chi connectivity index (χ4n) is 4.82. The molecule has 1 atom stereocenters. The Morgan fingerprint density at radius 2 is 1.86 bits per heavy atom. The smallest absolute Gasteiger partial charge is 0.406 e. The Morgan fingerprint density at radius 1 is 1.14 bits per heavy atom. The van der Waals surface area contributed by atoms with Gasteiger partial charge in [-0.1, -0.05) is 6.07 Å². The van der Waals surface area contributed by atoms with Crippen molar-refractivity contribution in [3.63, 3.8) is 0 Å². The highest BCUT2D eigenvalue weighted by atomic mass is 19.4. The summed E-state index contributed by atoms with van der Waals surface area (Å²) in [6, 6.07) is 13.7. The number of pyridine rings is 1. The maximum atomic E-state index is 14.7. The first kappa shape index (κ1) is 24.7. The standard InChI is InChI=1S/C27H23F4N5O/c1-35-20(15-36-9-8-19(33)14-36)11-22-24(35)13-34-26(16-4-6-21(7-5-16)37-27(29,30)31)25(22)17-2-3-18(12-32)23(28)10-17/h2-7,10-11,13,19H,8-9,14-15,33H2,1H3/t19-/m0/s1. The van der Waals surface area contributed by atoms with Crippen LogP contribution >= 0.6 is 0 Å². The monoisotopic (exact) mass is 509 g/mol. The number of fused-ring (bicyclic) bond motifs is 1. The zero-order chi connectivity index (χ0) is 26.3. The van der Waals surface area contributed by atoms with E-state index >= 15 is 0 Å². The van der Waals surface area contributed by atoms with Crippen molar-refractivity contribution in [2.75, 3.05) is 13.1 Å². The minimum Gasteiger partial charge on any atom is -0.406 e. The van der Waals surface area contributed by atoms with Crippen molar-refractivity contribution in [2.24, 2.45) is 12.8 Å². The summed E-state index contributed by atoms with van der Waals surface area (Å²) in [5.41, 5.74) is 9.94. The van der Waals surface area contributed by atoms with Crippen LogP contribution in [0.1, 0.15) is 17.7 Å². The number of benzene rings is 2. The van der Waals surface area contributed by atoms with Gasteiger partial charge in [0.2, 0.25) is 0 Å². The van der Waals surface area contributed by atoms with Crippen LogP contribution in [0.4, 0.5) is 17.6 Å². The third-order valence-electron chi connectivity index (χ3n) is 6.64. The summed E-state index contributed by atoms with van der Waals surface area (Å²) < 4.78 is 58.6. The quantitative estimate of drug-likeness (QED) is 0.367. The number of halogens is 4. The van der Waals surface area contributed by atoms with E-state index in [0.717, 1.165) is 36.1 Å². The Bertz CT molecular complexity index is 1500. The van der Waals surface area contributed by atoms with Gasteiger partial charge in [-0.15, -0.1) is 13.2 Å². The summed E-state index contributed by atoms with van der Waals surface area (Å²) in [5, 5.41) is 9.98. The number of ether oxygens (including phenoxy) is 1. The van der Waals surface area contributed by atoms with Crippen LogP contribution in [0.2, 0.25) is 0 Å². The highest BCUT2D eigenvalue weighted by Gasteiger charge is 2.31. The first-order valence-corrected chi connectivity index (χ1v) is 11.6. The average Bonchev–Trinajstić information content (AvgIpc) is 3.40. The van der Waals surface area contributed by atoms with E-state index in [4.69, 9.17) is 5.73 Å². The Morgan fingerprint density at radius 3 is 2.49 bits per heavy atom. The zero-order valence-corrected chi connectivity index (χ0v) is 19.9. The largest absolute Gasteiger partial charge is 0.573 e. The third-order valence-corrected chi connectivity index (χ3v) is 6.64. The van der Waals surface area contributed by atoms with Crippen molar-refractivity contribution < 1.29 is 22.3 Å². The molecule has 2 aromatic heterocycles. The molecule has 1 fully saturated rings. The lowest BCUT2D eigenvalue weighted by Crippen LogP contribution is -2.26. The molecule has 0 saturated carbocycles. The van der Waals surface area contributed by atoms with Gasteiger partial charge in [-0.2, -0.15) is 5.26 Å². The lowest BCUT2D eigenvalue weighted by molar-refractivity contribution is -0.274. The number of aryl methyl sites for hydroxylation is 1. The van der Waals surface area contributed by atoms with Gasteiger partial charge in [0, 0.05) is 54.9 Å². The molecule has 0 bridgehead atoms. The molecule has 0 amide bonds. The van der Waals surface area contributed by atoms with Crippen molar-refractivity contribution >= 4 is 10.9 Å². The average molecular weight is 510 g/mol. The molecule has 2 N–H and O–H groups in total. The van der Waals surface area contributed by atoms with Crippen molar-refractivity contribution in [1.29, 1.82) is 5.26 Å². The molecule has 0 radical (unpaired) electrons. The first-order chi connectivity index (χ1) is 17.6. The molecule has 5 rings (SSSR count). The topological polar surface area (TPSA) is 80.1 Å². The summed E-state index contributed by atoms with van der Waals surface area (Å²) in [5.74, 6) is -1.02. The molecule has 2 aromatic carbocycles. The number of nitrogens with zero attached hydrogens (tertiary/aromatic N) is 4. The molecule has 0 unspecified atom stereocenters. The SMILES string of the molecule is Cn1c(CN2CC[C@H](N)C2)cc2c(-c3ccc(C#N)c(F)c3)c(-c3ccc(OC(F)(F)F)cc3)ncc21. The molecule has 3 heterocycles. The van der Waals surface area contributed by atoms with Gasteiger partial charge in [0.05, 0.1) is 23.0 Å². The molecule has 6 nitrogen and oxygen atoms in total. The van der Waals surface area contributed by atoms with E-state index < -0.39 is 12.2 Å². The van der Waals surface area contributed by atoms with Crippen molar-refractivity contribution in [3.05, 3.63) is 71.8 Å². The van der Waals surface area contributed by atoms with Crippen LogP contribution in [0.3, 0.4) is 0 Å². The Labute approximate surface area is 210 Å². The van der Waals surface area contributed by atoms with E-state index in [1.165, 1.54) is 36.4 Å². The fourth-order valence-corrected chi connectivity index (χ4v) is 4.82. The van der Waals surface area contributed by atoms with E-state index in [-0.39, 0.29) is 17.4 Å². The van der Waals surface area contributed by atoms with Gasteiger partial charge < -0.3 is 15.0 Å². The molecular formula is C27H23F4N5O. The normalized spacial score (nSPS) is 16.3. The zero-order valence-electron chi connectivity index (χ0n) is 19.9. The molecule has 1 aliphatic rings. The lowest BCUT2D eigenvalue weighted by Gasteiger charge is -2.15. The molecule has 10 heteroatoms. The number of nitriles is 1. The number of hydrogen-bond acceptors (Lipinski definition) is 5. The van der Waals surface area contributed by atoms with Crippen LogP contribution in [0.15, 0.2) is 54.7 Å². The van der Waals surface area contributed by atoms with Crippen LogP contribution < -0.4 is 10.5 Å². The first-order valence-electron chi connectivity index (χ1n) is 11.6. The van der Waals surface area contributed by atoms with E-state index in [9.17, 15) is 22.8 Å². The van der Waals surface area contributed by atoms with Crippen LogP contribution in [-0.4, -0.2) is 39.9 Å². The summed E-state index contributed by atoms with van der Waals surface area (Å²) in [6.07, 6.45) is -2.17. The number of rotatable bonds is 5. The molecule has 1 aliphatic heterocycles. The lowest BCUT2D eigenvalue weighted by atomic mass is 9.95. The summed E-state index contributed by atoms with van der Waals surface area (Å²) in [6.45, 7) is 2.37. The summed E-state index contributed by atoms with van der Waals surface area (Å²) in [4.78, 5) is 6.91. The van der Waals surface area contributed by atoms with Gasteiger partial charge in [0.1, 0.15) is 17.6 Å². The molecule has 0 aliphatic carbocycles. The van der Waals surface area contributed by atoms with Gasteiger partial charge in [-0.05, 0) is 54.4 Å². The maximum absolute atomic E-state index is 14.7. The number of alkyl halides is 3. The number of likely N-dealkylation sites (tertiary alicyclic amines) is 1.